The number of hydrogen-bond acceptors (Lipinski definition) is 3. The lowest BCUT2D eigenvalue weighted by Gasteiger charge is -2.22. The van der Waals surface area contributed by atoms with Crippen LogP contribution in [0, 0.1) is 18.7 Å². The highest BCUT2D eigenvalue weighted by Crippen LogP contribution is 2.30. The van der Waals surface area contributed by atoms with E-state index < -0.39 is 11.7 Å². The van der Waals surface area contributed by atoms with Gasteiger partial charge in [-0.05, 0) is 49.9 Å². The zero-order chi connectivity index (χ0) is 25.1. The Morgan fingerprint density at radius 3 is 2.39 bits per heavy atom. The van der Waals surface area contributed by atoms with Gasteiger partial charge in [-0.3, -0.25) is 19.5 Å². The summed E-state index contributed by atoms with van der Waals surface area (Å²) in [4.78, 5) is 32.4. The number of halogens is 1. The number of nitrogens with zero attached hydrogens (tertiary/aromatic N) is 3. The van der Waals surface area contributed by atoms with Gasteiger partial charge in [-0.15, -0.1) is 0 Å². The van der Waals surface area contributed by atoms with Gasteiger partial charge in [-0.2, -0.15) is 0 Å². The number of benzene rings is 3. The van der Waals surface area contributed by atoms with Crippen molar-refractivity contribution in [3.8, 4) is 16.9 Å². The molecule has 1 fully saturated rings. The maximum absolute atomic E-state index is 14.3. The molecule has 0 atom stereocenters. The van der Waals surface area contributed by atoms with Crippen LogP contribution in [0.2, 0.25) is 0 Å². The van der Waals surface area contributed by atoms with Crippen molar-refractivity contribution >= 4 is 17.8 Å². The molecule has 2 amide bonds. The summed E-state index contributed by atoms with van der Waals surface area (Å²) in [6, 6.07) is 23.5. The van der Waals surface area contributed by atoms with E-state index in [1.165, 1.54) is 17.0 Å². The molecule has 1 aliphatic rings. The Balaban J connectivity index is 1.41. The highest BCUT2D eigenvalue weighted by molar-refractivity contribution is 5.99. The monoisotopic (exact) mass is 482 g/mol. The summed E-state index contributed by atoms with van der Waals surface area (Å²) in [7, 11) is 0. The molecule has 1 aromatic heterocycles. The molecular formula is C29H27FN4O2. The predicted molar refractivity (Wildman–Crippen MR) is 137 cm³/mol. The summed E-state index contributed by atoms with van der Waals surface area (Å²) in [6.07, 6.45) is 3.88. The molecule has 5 rings (SSSR count). The van der Waals surface area contributed by atoms with Crippen LogP contribution in [0.4, 0.5) is 10.3 Å². The van der Waals surface area contributed by atoms with Crippen LogP contribution in [0.5, 0.6) is 0 Å². The van der Waals surface area contributed by atoms with E-state index in [0.29, 0.717) is 24.1 Å². The number of carbonyl (C=O) groups is 2. The third-order valence-corrected chi connectivity index (χ3v) is 6.24. The molecule has 1 saturated carbocycles. The van der Waals surface area contributed by atoms with Crippen molar-refractivity contribution < 1.29 is 14.0 Å². The number of amides is 2. The second kappa shape index (κ2) is 10.2. The molecule has 3 aromatic carbocycles. The molecule has 0 spiro atoms. The van der Waals surface area contributed by atoms with Crippen molar-refractivity contribution in [2.75, 3.05) is 18.4 Å². The maximum atomic E-state index is 14.3. The van der Waals surface area contributed by atoms with E-state index in [9.17, 15) is 14.0 Å². The van der Waals surface area contributed by atoms with Gasteiger partial charge in [0.15, 0.2) is 0 Å². The molecule has 0 aliphatic heterocycles. The molecular weight excluding hydrogens is 455 g/mol. The molecule has 7 heteroatoms. The first-order valence-electron chi connectivity index (χ1n) is 12.0. The summed E-state index contributed by atoms with van der Waals surface area (Å²) in [5.74, 6) is -0.771. The normalized spacial score (nSPS) is 12.8. The Bertz CT molecular complexity index is 1380. The van der Waals surface area contributed by atoms with Crippen LogP contribution < -0.4 is 5.32 Å². The van der Waals surface area contributed by atoms with E-state index >= 15 is 0 Å². The molecule has 0 saturated heterocycles. The molecule has 1 N–H and O–H groups in total. The zero-order valence-electron chi connectivity index (χ0n) is 20.0. The first-order chi connectivity index (χ1) is 17.5. The molecule has 182 valence electrons. The first-order valence-corrected chi connectivity index (χ1v) is 12.0. The van der Waals surface area contributed by atoms with Crippen LogP contribution >= 0.6 is 0 Å². The summed E-state index contributed by atoms with van der Waals surface area (Å²) in [5, 5.41) is 2.88. The van der Waals surface area contributed by atoms with E-state index in [-0.39, 0.29) is 18.0 Å². The SMILES string of the molecule is Cc1ccc(-n2cc(-c3ccccc3)nc2NC(=O)CN(CC2CC2)C(=O)c2ccccc2F)cc1. The highest BCUT2D eigenvalue weighted by Gasteiger charge is 2.30. The Morgan fingerprint density at radius 2 is 1.69 bits per heavy atom. The Labute approximate surface area is 209 Å². The molecule has 0 bridgehead atoms. The average molecular weight is 483 g/mol. The number of hydrogen-bond donors (Lipinski definition) is 1. The van der Waals surface area contributed by atoms with Gasteiger partial charge in [-0.1, -0.05) is 60.2 Å². The molecule has 0 unspecified atom stereocenters. The Hall–Kier alpha value is -4.26. The number of imidazole rings is 1. The van der Waals surface area contributed by atoms with E-state index in [2.05, 4.69) is 10.3 Å². The van der Waals surface area contributed by atoms with Gasteiger partial charge in [0.05, 0.1) is 11.3 Å². The number of anilines is 1. The van der Waals surface area contributed by atoms with E-state index in [1.807, 2.05) is 72.3 Å². The van der Waals surface area contributed by atoms with Crippen LogP contribution in [-0.2, 0) is 4.79 Å². The molecule has 6 nitrogen and oxygen atoms in total. The van der Waals surface area contributed by atoms with Gasteiger partial charge in [-0.25, -0.2) is 9.37 Å². The largest absolute Gasteiger partial charge is 0.329 e. The summed E-state index contributed by atoms with van der Waals surface area (Å²) in [5.41, 5.74) is 3.57. The van der Waals surface area contributed by atoms with Gasteiger partial charge in [0.25, 0.3) is 5.91 Å². The van der Waals surface area contributed by atoms with Crippen molar-refractivity contribution in [1.82, 2.24) is 14.5 Å². The lowest BCUT2D eigenvalue weighted by molar-refractivity contribution is -0.117. The fourth-order valence-electron chi connectivity index (χ4n) is 4.09. The van der Waals surface area contributed by atoms with Crippen molar-refractivity contribution in [3.05, 3.63) is 102 Å². The molecule has 4 aromatic rings. The second-order valence-electron chi connectivity index (χ2n) is 9.18. The summed E-state index contributed by atoms with van der Waals surface area (Å²) in [6.45, 7) is 2.24. The number of nitrogens with one attached hydrogen (secondary N) is 1. The van der Waals surface area contributed by atoms with Gasteiger partial charge < -0.3 is 4.90 Å². The highest BCUT2D eigenvalue weighted by atomic mass is 19.1. The molecule has 1 aliphatic carbocycles. The fraction of sp³-hybridized carbons (Fsp3) is 0.207. The number of aromatic nitrogens is 2. The second-order valence-corrected chi connectivity index (χ2v) is 9.18. The van der Waals surface area contributed by atoms with E-state index in [0.717, 1.165) is 29.7 Å². The summed E-state index contributed by atoms with van der Waals surface area (Å²) >= 11 is 0. The number of rotatable bonds is 8. The molecule has 0 radical (unpaired) electrons. The zero-order valence-corrected chi connectivity index (χ0v) is 20.0. The van der Waals surface area contributed by atoms with Gasteiger partial charge in [0, 0.05) is 24.0 Å². The van der Waals surface area contributed by atoms with Crippen molar-refractivity contribution in [3.63, 3.8) is 0 Å². The fourth-order valence-corrected chi connectivity index (χ4v) is 4.09. The third kappa shape index (κ3) is 5.35. The van der Waals surface area contributed by atoms with Crippen LogP contribution in [0.15, 0.2) is 85.1 Å². The first kappa shape index (κ1) is 23.5. The topological polar surface area (TPSA) is 67.2 Å². The quantitative estimate of drug-likeness (QED) is 0.362. The maximum Gasteiger partial charge on any atom is 0.257 e. The van der Waals surface area contributed by atoms with Crippen LogP contribution in [-0.4, -0.2) is 39.4 Å². The number of aryl methyl sites for hydroxylation is 1. The van der Waals surface area contributed by atoms with Crippen LogP contribution in [0.1, 0.15) is 28.8 Å². The lowest BCUT2D eigenvalue weighted by atomic mass is 10.1. The van der Waals surface area contributed by atoms with Crippen LogP contribution in [0.3, 0.4) is 0 Å². The smallest absolute Gasteiger partial charge is 0.257 e. The Morgan fingerprint density at radius 1 is 1.00 bits per heavy atom. The van der Waals surface area contributed by atoms with Gasteiger partial charge >= 0.3 is 0 Å². The predicted octanol–water partition coefficient (Wildman–Crippen LogP) is 5.48. The minimum Gasteiger partial charge on any atom is -0.329 e. The van der Waals surface area contributed by atoms with E-state index in [4.69, 9.17) is 0 Å². The van der Waals surface area contributed by atoms with Crippen LogP contribution in [0.25, 0.3) is 16.9 Å². The minimum atomic E-state index is -0.592. The van der Waals surface area contributed by atoms with Gasteiger partial charge in [0.1, 0.15) is 12.4 Å². The van der Waals surface area contributed by atoms with Crippen molar-refractivity contribution in [1.29, 1.82) is 0 Å². The van der Waals surface area contributed by atoms with Gasteiger partial charge in [0.2, 0.25) is 11.9 Å². The van der Waals surface area contributed by atoms with Crippen molar-refractivity contribution in [2.45, 2.75) is 19.8 Å². The molecule has 1 heterocycles. The lowest BCUT2D eigenvalue weighted by Crippen LogP contribution is -2.40. The van der Waals surface area contributed by atoms with Crippen molar-refractivity contribution in [2.24, 2.45) is 5.92 Å². The van der Waals surface area contributed by atoms with E-state index in [1.54, 1.807) is 12.1 Å². The standard InChI is InChI=1S/C29H27FN4O2/c1-20-11-15-23(16-12-20)34-18-26(22-7-3-2-4-8-22)31-29(34)32-27(35)19-33(17-21-13-14-21)28(36)24-9-5-6-10-25(24)30/h2-12,15-16,18,21H,13-14,17,19H2,1H3,(H,31,32,35). The number of carbonyl (C=O) groups excluding carboxylic acids is 2. The Kier molecular flexibility index (Phi) is 6.62. The average Bonchev–Trinajstić information content (AvgIpc) is 3.61. The molecule has 36 heavy (non-hydrogen) atoms. The third-order valence-electron chi connectivity index (χ3n) is 6.24. The minimum absolute atomic E-state index is 0.0292. The summed E-state index contributed by atoms with van der Waals surface area (Å²) < 4.78 is 16.1.